The number of nitrogens with zero attached hydrogens (tertiary/aromatic N) is 1. The summed E-state index contributed by atoms with van der Waals surface area (Å²) in [6.45, 7) is 1.37. The van der Waals surface area contributed by atoms with Gasteiger partial charge < -0.3 is 19.7 Å². The molecule has 0 aromatic carbocycles. The molecule has 1 aromatic heterocycles. The zero-order chi connectivity index (χ0) is 18.7. The second kappa shape index (κ2) is 7.75. The molecule has 8 heteroatoms. The number of carbonyl (C=O) groups is 3. The normalized spacial score (nSPS) is 19.1. The monoisotopic (exact) mass is 380 g/mol. The number of piperidine rings is 1. The van der Waals surface area contributed by atoms with Crippen LogP contribution >= 0.6 is 11.3 Å². The summed E-state index contributed by atoms with van der Waals surface area (Å²) in [7, 11) is 2.95. The quantitative estimate of drug-likeness (QED) is 0.442. The summed E-state index contributed by atoms with van der Waals surface area (Å²) in [6, 6.07) is 3.67. The summed E-state index contributed by atoms with van der Waals surface area (Å²) in [4.78, 5) is 38.4. The van der Waals surface area contributed by atoms with Crippen LogP contribution in [0.1, 0.15) is 41.8 Å². The van der Waals surface area contributed by atoms with Crippen LogP contribution in [0.2, 0.25) is 0 Å². The molecule has 1 aromatic rings. The van der Waals surface area contributed by atoms with E-state index in [1.54, 1.807) is 13.2 Å². The van der Waals surface area contributed by atoms with Gasteiger partial charge in [-0.1, -0.05) is 0 Å². The van der Waals surface area contributed by atoms with Crippen LogP contribution < -0.4 is 10.2 Å². The third-order valence-electron chi connectivity index (χ3n) is 4.99. The minimum Gasteiger partial charge on any atom is -0.465 e. The summed E-state index contributed by atoms with van der Waals surface area (Å²) < 4.78 is 10.4. The van der Waals surface area contributed by atoms with Crippen molar-refractivity contribution in [3.05, 3.63) is 17.0 Å². The number of amides is 1. The molecular formula is C18H24N2O5S. The van der Waals surface area contributed by atoms with Crippen molar-refractivity contribution in [1.82, 2.24) is 5.32 Å². The molecule has 26 heavy (non-hydrogen) atoms. The first-order chi connectivity index (χ1) is 12.5. The number of hydrogen-bond acceptors (Lipinski definition) is 7. The van der Waals surface area contributed by atoms with E-state index in [9.17, 15) is 14.4 Å². The van der Waals surface area contributed by atoms with Gasteiger partial charge in [0.05, 0.1) is 18.5 Å². The van der Waals surface area contributed by atoms with E-state index in [-0.39, 0.29) is 30.0 Å². The molecule has 0 radical (unpaired) electrons. The van der Waals surface area contributed by atoms with E-state index < -0.39 is 5.72 Å². The molecule has 2 fully saturated rings. The van der Waals surface area contributed by atoms with Gasteiger partial charge in [-0.2, -0.15) is 0 Å². The Morgan fingerprint density at radius 3 is 2.50 bits per heavy atom. The Labute approximate surface area is 156 Å². The lowest BCUT2D eigenvalue weighted by Crippen LogP contribution is -2.56. The van der Waals surface area contributed by atoms with Crippen molar-refractivity contribution in [2.45, 2.75) is 37.8 Å². The summed E-state index contributed by atoms with van der Waals surface area (Å²) in [5.41, 5.74) is -0.736. The second-order valence-electron chi connectivity index (χ2n) is 6.78. The molecule has 7 nitrogen and oxygen atoms in total. The molecule has 1 aliphatic carbocycles. The first kappa shape index (κ1) is 18.8. The van der Waals surface area contributed by atoms with Gasteiger partial charge in [-0.15, -0.1) is 11.3 Å². The smallest absolute Gasteiger partial charge is 0.348 e. The molecule has 1 saturated heterocycles. The average molecular weight is 380 g/mol. The van der Waals surface area contributed by atoms with Crippen molar-refractivity contribution < 1.29 is 23.9 Å². The third-order valence-corrected chi connectivity index (χ3v) is 6.11. The lowest BCUT2D eigenvalue weighted by molar-refractivity contribution is -0.137. The molecule has 1 aliphatic heterocycles. The van der Waals surface area contributed by atoms with Crippen LogP contribution in [0.5, 0.6) is 0 Å². The lowest BCUT2D eigenvalue weighted by Gasteiger charge is -2.41. The van der Waals surface area contributed by atoms with Crippen molar-refractivity contribution in [3.8, 4) is 0 Å². The van der Waals surface area contributed by atoms with Gasteiger partial charge in [0.2, 0.25) is 5.91 Å². The number of anilines is 1. The standard InChI is InChI=1S/C18H24N2O5S/c1-24-17(23)14-5-6-16(26-14)20-9-7-18(25-2,8-10-20)19-15(22)11-13(21)12-3-4-12/h5-6,12H,3-4,7-11H2,1-2H3,(H,19,22). The van der Waals surface area contributed by atoms with Gasteiger partial charge in [-0.3, -0.25) is 9.59 Å². The zero-order valence-electron chi connectivity index (χ0n) is 15.1. The molecule has 0 unspecified atom stereocenters. The van der Waals surface area contributed by atoms with Crippen LogP contribution in [0.3, 0.4) is 0 Å². The number of ether oxygens (including phenoxy) is 2. The van der Waals surface area contributed by atoms with Crippen LogP contribution in [-0.2, 0) is 19.1 Å². The predicted molar refractivity (Wildman–Crippen MR) is 97.3 cm³/mol. The first-order valence-corrected chi connectivity index (χ1v) is 9.60. The largest absolute Gasteiger partial charge is 0.465 e. The number of nitrogens with one attached hydrogen (secondary N) is 1. The maximum Gasteiger partial charge on any atom is 0.348 e. The molecule has 0 atom stereocenters. The fourth-order valence-electron chi connectivity index (χ4n) is 3.18. The Hall–Kier alpha value is -1.93. The highest BCUT2D eigenvalue weighted by molar-refractivity contribution is 7.17. The van der Waals surface area contributed by atoms with Gasteiger partial charge in [0.25, 0.3) is 0 Å². The van der Waals surface area contributed by atoms with Crippen molar-refractivity contribution in [1.29, 1.82) is 0 Å². The molecule has 142 valence electrons. The van der Waals surface area contributed by atoms with E-state index in [1.165, 1.54) is 18.4 Å². The SMILES string of the molecule is COC(=O)c1ccc(N2CCC(NC(=O)CC(=O)C3CC3)(OC)CC2)s1. The van der Waals surface area contributed by atoms with Gasteiger partial charge in [0.15, 0.2) is 0 Å². The number of Topliss-reactive ketones (excluding diaryl/α,β-unsaturated/α-hetero) is 1. The van der Waals surface area contributed by atoms with Gasteiger partial charge in [0, 0.05) is 39.0 Å². The maximum atomic E-state index is 12.2. The second-order valence-corrected chi connectivity index (χ2v) is 7.84. The van der Waals surface area contributed by atoms with Crippen molar-refractivity contribution in [3.63, 3.8) is 0 Å². The number of ketones is 1. The first-order valence-electron chi connectivity index (χ1n) is 8.78. The van der Waals surface area contributed by atoms with Crippen LogP contribution in [0.15, 0.2) is 12.1 Å². The van der Waals surface area contributed by atoms with E-state index >= 15 is 0 Å². The Bertz CT molecular complexity index is 690. The Morgan fingerprint density at radius 2 is 1.92 bits per heavy atom. The van der Waals surface area contributed by atoms with Crippen LogP contribution in [0.25, 0.3) is 0 Å². The molecule has 0 spiro atoms. The van der Waals surface area contributed by atoms with Crippen LogP contribution in [0.4, 0.5) is 5.00 Å². The molecule has 2 aliphatic rings. The van der Waals surface area contributed by atoms with E-state index in [0.717, 1.165) is 17.8 Å². The number of esters is 1. The highest BCUT2D eigenvalue weighted by Crippen LogP contribution is 2.33. The van der Waals surface area contributed by atoms with Crippen LogP contribution in [0, 0.1) is 5.92 Å². The van der Waals surface area contributed by atoms with E-state index in [1.807, 2.05) is 6.07 Å². The Morgan fingerprint density at radius 1 is 1.23 bits per heavy atom. The summed E-state index contributed by atoms with van der Waals surface area (Å²) in [5, 5.41) is 3.91. The van der Waals surface area contributed by atoms with Gasteiger partial charge in [-0.05, 0) is 25.0 Å². The molecule has 0 bridgehead atoms. The molecular weight excluding hydrogens is 356 g/mol. The topological polar surface area (TPSA) is 84.9 Å². The van der Waals surface area contributed by atoms with Crippen molar-refractivity contribution in [2.24, 2.45) is 5.92 Å². The van der Waals surface area contributed by atoms with Gasteiger partial charge in [0.1, 0.15) is 16.4 Å². The number of hydrogen-bond donors (Lipinski definition) is 1. The maximum absolute atomic E-state index is 12.2. The molecule has 2 heterocycles. The summed E-state index contributed by atoms with van der Waals surface area (Å²) >= 11 is 1.39. The Balaban J connectivity index is 1.56. The fraction of sp³-hybridized carbons (Fsp3) is 0.611. The summed E-state index contributed by atoms with van der Waals surface area (Å²) in [5.74, 6) is -0.484. The molecule has 1 amide bonds. The summed E-state index contributed by atoms with van der Waals surface area (Å²) in [6.07, 6.45) is 2.97. The number of carbonyl (C=O) groups excluding carboxylic acids is 3. The van der Waals surface area contributed by atoms with Crippen molar-refractivity contribution >= 4 is 34.0 Å². The third kappa shape index (κ3) is 4.24. The Kier molecular flexibility index (Phi) is 5.62. The van der Waals surface area contributed by atoms with E-state index in [0.29, 0.717) is 30.8 Å². The average Bonchev–Trinajstić information content (AvgIpc) is 3.39. The lowest BCUT2D eigenvalue weighted by atomic mass is 9.99. The minimum atomic E-state index is -0.736. The number of rotatable bonds is 7. The zero-order valence-corrected chi connectivity index (χ0v) is 15.9. The fourth-order valence-corrected chi connectivity index (χ4v) is 4.16. The van der Waals surface area contributed by atoms with Gasteiger partial charge >= 0.3 is 5.97 Å². The minimum absolute atomic E-state index is 0.0279. The molecule has 3 rings (SSSR count). The molecule has 1 N–H and O–H groups in total. The van der Waals surface area contributed by atoms with Crippen LogP contribution in [-0.4, -0.2) is 50.7 Å². The highest BCUT2D eigenvalue weighted by atomic mass is 32.1. The number of methoxy groups -OCH3 is 2. The van der Waals surface area contributed by atoms with Crippen molar-refractivity contribution in [2.75, 3.05) is 32.2 Å². The molecule has 1 saturated carbocycles. The van der Waals surface area contributed by atoms with Gasteiger partial charge in [-0.25, -0.2) is 4.79 Å². The highest BCUT2D eigenvalue weighted by Gasteiger charge is 2.38. The van der Waals surface area contributed by atoms with E-state index in [2.05, 4.69) is 10.2 Å². The van der Waals surface area contributed by atoms with E-state index in [4.69, 9.17) is 9.47 Å². The predicted octanol–water partition coefficient (Wildman–Crippen LogP) is 1.96. The number of thiophene rings is 1.